The predicted molar refractivity (Wildman–Crippen MR) is 96.1 cm³/mol. The number of nitrogens with one attached hydrogen (secondary N) is 1. The average Bonchev–Trinajstić information content (AvgIpc) is 3.37. The summed E-state index contributed by atoms with van der Waals surface area (Å²) in [5, 5.41) is 2.97. The number of nitrogens with zero attached hydrogens (tertiary/aromatic N) is 2. The van der Waals surface area contributed by atoms with Crippen LogP contribution < -0.4 is 10.1 Å². The smallest absolute Gasteiger partial charge is 0.321 e. The molecule has 1 aromatic heterocycles. The van der Waals surface area contributed by atoms with Gasteiger partial charge in [-0.25, -0.2) is 4.79 Å². The molecule has 2 fully saturated rings. The number of fused-ring (bicyclic) bond motifs is 5. The number of pyridine rings is 1. The van der Waals surface area contributed by atoms with Crippen LogP contribution in [0.1, 0.15) is 0 Å². The summed E-state index contributed by atoms with van der Waals surface area (Å²) in [6.45, 7) is 1.51. The van der Waals surface area contributed by atoms with Crippen molar-refractivity contribution in [3.63, 3.8) is 0 Å². The molecule has 2 amide bonds. The summed E-state index contributed by atoms with van der Waals surface area (Å²) in [5.74, 6) is 2.25. The number of amides is 2. The number of urea groups is 1. The lowest BCUT2D eigenvalue weighted by molar-refractivity contribution is 0.0892. The highest BCUT2D eigenvalue weighted by molar-refractivity contribution is 5.89. The normalized spacial score (nSPS) is 28.2. The molecule has 0 radical (unpaired) electrons. The summed E-state index contributed by atoms with van der Waals surface area (Å²) < 4.78 is 11.6. The van der Waals surface area contributed by atoms with Crippen LogP contribution >= 0.6 is 0 Å². The summed E-state index contributed by atoms with van der Waals surface area (Å²) in [4.78, 5) is 18.5. The lowest BCUT2D eigenvalue weighted by Crippen LogP contribution is -2.35. The Balaban J connectivity index is 1.20. The highest BCUT2D eigenvalue weighted by atomic mass is 16.5. The van der Waals surface area contributed by atoms with Crippen LogP contribution in [-0.4, -0.2) is 41.2 Å². The number of carbonyl (C=O) groups excluding carboxylic acids is 1. The molecule has 1 N–H and O–H groups in total. The second-order valence-corrected chi connectivity index (χ2v) is 6.93. The Morgan fingerprint density at radius 1 is 1.08 bits per heavy atom. The fourth-order valence-electron chi connectivity index (χ4n) is 4.05. The third-order valence-electron chi connectivity index (χ3n) is 5.32. The van der Waals surface area contributed by atoms with Gasteiger partial charge in [0.2, 0.25) is 0 Å². The molecule has 4 atom stereocenters. The third-order valence-corrected chi connectivity index (χ3v) is 5.32. The van der Waals surface area contributed by atoms with E-state index in [4.69, 9.17) is 9.47 Å². The van der Waals surface area contributed by atoms with Crippen molar-refractivity contribution >= 4 is 11.7 Å². The van der Waals surface area contributed by atoms with Crippen molar-refractivity contribution in [1.29, 1.82) is 0 Å². The van der Waals surface area contributed by atoms with Gasteiger partial charge in [-0.15, -0.1) is 0 Å². The average molecular weight is 349 g/mol. The number of ether oxygens (including phenoxy) is 2. The number of rotatable bonds is 3. The van der Waals surface area contributed by atoms with E-state index in [1.807, 2.05) is 41.3 Å². The summed E-state index contributed by atoms with van der Waals surface area (Å²) in [6, 6.07) is 11.0. The van der Waals surface area contributed by atoms with E-state index in [1.165, 1.54) is 0 Å². The Labute approximate surface area is 151 Å². The minimum absolute atomic E-state index is 0.0558. The number of carbonyl (C=O) groups is 1. The molecule has 3 aliphatic rings. The van der Waals surface area contributed by atoms with Gasteiger partial charge >= 0.3 is 6.03 Å². The first-order valence-electron chi connectivity index (χ1n) is 8.84. The lowest BCUT2D eigenvalue weighted by atomic mass is 9.86. The Bertz CT molecular complexity index is 817. The largest absolute Gasteiger partial charge is 0.456 e. The quantitative estimate of drug-likeness (QED) is 0.864. The lowest BCUT2D eigenvalue weighted by Gasteiger charge is -2.19. The Hall–Kier alpha value is -2.86. The SMILES string of the molecule is O=C(Nc1ccc(Oc2cccnc2)cc1)N1C[C@H]2[C@H](C1)[C@H]1C=C[C@H]2O1. The van der Waals surface area contributed by atoms with Crippen LogP contribution in [0.4, 0.5) is 10.5 Å². The van der Waals surface area contributed by atoms with Crippen molar-refractivity contribution in [1.82, 2.24) is 9.88 Å². The molecule has 132 valence electrons. The van der Waals surface area contributed by atoms with Crippen molar-refractivity contribution in [3.05, 3.63) is 60.9 Å². The Morgan fingerprint density at radius 3 is 2.46 bits per heavy atom. The van der Waals surface area contributed by atoms with Crippen LogP contribution in [-0.2, 0) is 4.74 Å². The molecule has 2 bridgehead atoms. The molecule has 1 aromatic carbocycles. The molecule has 6 heteroatoms. The van der Waals surface area contributed by atoms with Gasteiger partial charge < -0.3 is 19.7 Å². The fraction of sp³-hybridized carbons (Fsp3) is 0.300. The van der Waals surface area contributed by atoms with E-state index >= 15 is 0 Å². The highest BCUT2D eigenvalue weighted by Gasteiger charge is 2.51. The molecule has 0 spiro atoms. The number of aromatic nitrogens is 1. The summed E-state index contributed by atoms with van der Waals surface area (Å²) in [7, 11) is 0. The maximum atomic E-state index is 12.6. The van der Waals surface area contributed by atoms with Gasteiger partial charge in [-0.05, 0) is 36.4 Å². The zero-order valence-electron chi connectivity index (χ0n) is 14.1. The van der Waals surface area contributed by atoms with Gasteiger partial charge in [-0.3, -0.25) is 4.98 Å². The second kappa shape index (κ2) is 6.14. The molecule has 6 nitrogen and oxygen atoms in total. The molecule has 0 unspecified atom stereocenters. The van der Waals surface area contributed by atoms with E-state index in [1.54, 1.807) is 12.4 Å². The first kappa shape index (κ1) is 15.4. The van der Waals surface area contributed by atoms with E-state index in [0.717, 1.165) is 18.8 Å². The zero-order valence-corrected chi connectivity index (χ0v) is 14.1. The van der Waals surface area contributed by atoms with Gasteiger partial charge in [-0.1, -0.05) is 12.2 Å². The second-order valence-electron chi connectivity index (χ2n) is 6.93. The number of hydrogen-bond donors (Lipinski definition) is 1. The maximum absolute atomic E-state index is 12.6. The van der Waals surface area contributed by atoms with E-state index in [9.17, 15) is 4.79 Å². The number of benzene rings is 1. The molecule has 0 aliphatic carbocycles. The van der Waals surface area contributed by atoms with Crippen LogP contribution in [0.5, 0.6) is 11.5 Å². The van der Waals surface area contributed by atoms with Crippen LogP contribution in [0.15, 0.2) is 60.9 Å². The monoisotopic (exact) mass is 349 g/mol. The van der Waals surface area contributed by atoms with Gasteiger partial charge in [0.25, 0.3) is 0 Å². The molecular weight excluding hydrogens is 330 g/mol. The van der Waals surface area contributed by atoms with E-state index in [0.29, 0.717) is 23.3 Å². The third kappa shape index (κ3) is 2.72. The van der Waals surface area contributed by atoms with Crippen molar-refractivity contribution in [2.24, 2.45) is 11.8 Å². The molecular formula is C20H19N3O3. The number of likely N-dealkylation sites (tertiary alicyclic amines) is 1. The topological polar surface area (TPSA) is 63.7 Å². The highest BCUT2D eigenvalue weighted by Crippen LogP contribution is 2.43. The van der Waals surface area contributed by atoms with E-state index < -0.39 is 0 Å². The zero-order chi connectivity index (χ0) is 17.5. The molecule has 2 saturated heterocycles. The number of anilines is 1. The summed E-state index contributed by atoms with van der Waals surface area (Å²) >= 11 is 0. The van der Waals surface area contributed by atoms with Crippen molar-refractivity contribution < 1.29 is 14.3 Å². The molecule has 0 saturated carbocycles. The van der Waals surface area contributed by atoms with E-state index in [2.05, 4.69) is 22.5 Å². The van der Waals surface area contributed by atoms with Crippen LogP contribution in [0.2, 0.25) is 0 Å². The summed E-state index contributed by atoms with van der Waals surface area (Å²) in [6.07, 6.45) is 8.00. The molecule has 26 heavy (non-hydrogen) atoms. The standard InChI is InChI=1S/C20H19N3O3/c24-20(23-11-16-17(12-23)19-8-7-18(16)26-19)22-13-3-5-14(6-4-13)25-15-2-1-9-21-10-15/h1-10,16-19H,11-12H2,(H,22,24)/t16-,17-,18+,19+/m0/s1. The maximum Gasteiger partial charge on any atom is 0.321 e. The predicted octanol–water partition coefficient (Wildman–Crippen LogP) is 3.29. The van der Waals surface area contributed by atoms with Crippen molar-refractivity contribution in [2.75, 3.05) is 18.4 Å². The number of hydrogen-bond acceptors (Lipinski definition) is 4. The van der Waals surface area contributed by atoms with Gasteiger partial charge in [0, 0.05) is 36.8 Å². The van der Waals surface area contributed by atoms with Gasteiger partial charge in [0.15, 0.2) is 0 Å². The first-order valence-corrected chi connectivity index (χ1v) is 8.84. The van der Waals surface area contributed by atoms with Crippen LogP contribution in [0.25, 0.3) is 0 Å². The summed E-state index contributed by atoms with van der Waals surface area (Å²) in [5.41, 5.74) is 0.753. The minimum Gasteiger partial charge on any atom is -0.456 e. The van der Waals surface area contributed by atoms with Crippen LogP contribution in [0.3, 0.4) is 0 Å². The first-order chi connectivity index (χ1) is 12.8. The fourth-order valence-corrected chi connectivity index (χ4v) is 4.05. The van der Waals surface area contributed by atoms with Crippen LogP contribution in [0, 0.1) is 11.8 Å². The Morgan fingerprint density at radius 2 is 1.81 bits per heavy atom. The molecule has 5 rings (SSSR count). The Kier molecular flexibility index (Phi) is 3.64. The van der Waals surface area contributed by atoms with Crippen molar-refractivity contribution in [3.8, 4) is 11.5 Å². The van der Waals surface area contributed by atoms with Gasteiger partial charge in [-0.2, -0.15) is 0 Å². The van der Waals surface area contributed by atoms with Gasteiger partial charge in [0.1, 0.15) is 11.5 Å². The molecule has 2 aromatic rings. The van der Waals surface area contributed by atoms with Gasteiger partial charge in [0.05, 0.1) is 18.4 Å². The minimum atomic E-state index is -0.0558. The molecule has 4 heterocycles. The van der Waals surface area contributed by atoms with E-state index in [-0.39, 0.29) is 18.2 Å². The van der Waals surface area contributed by atoms with Crippen molar-refractivity contribution in [2.45, 2.75) is 12.2 Å². The molecule has 3 aliphatic heterocycles.